The monoisotopic (exact) mass is 382 g/mol. The predicted octanol–water partition coefficient (Wildman–Crippen LogP) is 4.92. The number of carbonyl (C=O) groups excluding carboxylic acids is 1. The maximum atomic E-state index is 12.3. The van der Waals surface area contributed by atoms with Gasteiger partial charge in [-0.1, -0.05) is 12.5 Å². The van der Waals surface area contributed by atoms with Crippen molar-refractivity contribution >= 4 is 34.0 Å². The molecular weight excluding hydrogens is 356 g/mol. The Kier molecular flexibility index (Phi) is 5.27. The highest BCUT2D eigenvalue weighted by molar-refractivity contribution is 7.12. The van der Waals surface area contributed by atoms with Gasteiger partial charge in [-0.3, -0.25) is 9.69 Å². The first-order valence-electron chi connectivity index (χ1n) is 9.70. The number of rotatable bonds is 5. The van der Waals surface area contributed by atoms with Gasteiger partial charge in [0.15, 0.2) is 0 Å². The van der Waals surface area contributed by atoms with Crippen LogP contribution in [-0.2, 0) is 6.54 Å². The maximum absolute atomic E-state index is 12.3. The van der Waals surface area contributed by atoms with E-state index in [1.165, 1.54) is 30.6 Å². The van der Waals surface area contributed by atoms with Gasteiger partial charge in [0.25, 0.3) is 5.91 Å². The number of aromatic nitrogens is 2. The lowest BCUT2D eigenvalue weighted by atomic mass is 10.1. The number of anilines is 1. The molecule has 3 heterocycles. The third-order valence-corrected chi connectivity index (χ3v) is 5.96. The number of carbonyl (C=O) groups is 1. The molecule has 0 radical (unpaired) electrons. The van der Waals surface area contributed by atoms with Crippen LogP contribution in [0.1, 0.15) is 54.6 Å². The third kappa shape index (κ3) is 3.92. The summed E-state index contributed by atoms with van der Waals surface area (Å²) in [4.78, 5) is 20.5. The first kappa shape index (κ1) is 18.2. The molecule has 5 nitrogen and oxygen atoms in total. The zero-order valence-electron chi connectivity index (χ0n) is 15.9. The number of amides is 1. The van der Waals surface area contributed by atoms with Crippen LogP contribution < -0.4 is 5.32 Å². The van der Waals surface area contributed by atoms with Crippen molar-refractivity contribution in [2.24, 2.45) is 0 Å². The second-order valence-electron chi connectivity index (χ2n) is 7.46. The molecule has 0 bridgehead atoms. The van der Waals surface area contributed by atoms with Gasteiger partial charge in [0.2, 0.25) is 0 Å². The molecule has 4 rings (SSSR count). The molecule has 1 aliphatic rings. The summed E-state index contributed by atoms with van der Waals surface area (Å²) < 4.78 is 2.33. The number of hydrogen-bond donors (Lipinski definition) is 1. The van der Waals surface area contributed by atoms with Gasteiger partial charge in [-0.2, -0.15) is 0 Å². The summed E-state index contributed by atoms with van der Waals surface area (Å²) in [5.74, 6) is 1.05. The van der Waals surface area contributed by atoms with Crippen molar-refractivity contribution in [1.29, 1.82) is 0 Å². The van der Waals surface area contributed by atoms with Gasteiger partial charge in [0, 0.05) is 11.7 Å². The average molecular weight is 383 g/mol. The van der Waals surface area contributed by atoms with E-state index < -0.39 is 0 Å². The van der Waals surface area contributed by atoms with Gasteiger partial charge < -0.3 is 9.88 Å². The predicted molar refractivity (Wildman–Crippen MR) is 112 cm³/mol. The zero-order chi connectivity index (χ0) is 18.8. The molecule has 0 unspecified atom stereocenters. The minimum absolute atomic E-state index is 0.0683. The molecular formula is C21H26N4OS. The molecule has 0 saturated carbocycles. The lowest BCUT2D eigenvalue weighted by Crippen LogP contribution is -2.30. The summed E-state index contributed by atoms with van der Waals surface area (Å²) in [6.45, 7) is 7.61. The Morgan fingerprint density at radius 2 is 2.04 bits per heavy atom. The van der Waals surface area contributed by atoms with E-state index in [0.29, 0.717) is 10.9 Å². The van der Waals surface area contributed by atoms with Crippen molar-refractivity contribution in [2.75, 3.05) is 18.4 Å². The molecule has 0 spiro atoms. The molecule has 3 aromatic rings. The van der Waals surface area contributed by atoms with Gasteiger partial charge in [-0.15, -0.1) is 11.3 Å². The van der Waals surface area contributed by atoms with Crippen LogP contribution in [0.5, 0.6) is 0 Å². The highest BCUT2D eigenvalue weighted by atomic mass is 32.1. The molecule has 1 saturated heterocycles. The Balaban J connectivity index is 1.61. The second-order valence-corrected chi connectivity index (χ2v) is 8.41. The van der Waals surface area contributed by atoms with Crippen LogP contribution in [0.25, 0.3) is 11.0 Å². The Morgan fingerprint density at radius 1 is 1.22 bits per heavy atom. The van der Waals surface area contributed by atoms with E-state index in [9.17, 15) is 4.79 Å². The largest absolute Gasteiger partial charge is 0.324 e. The fraction of sp³-hybridized carbons (Fsp3) is 0.429. The number of fused-ring (bicyclic) bond motifs is 1. The molecule has 0 aliphatic carbocycles. The second kappa shape index (κ2) is 7.82. The van der Waals surface area contributed by atoms with Crippen LogP contribution in [-0.4, -0.2) is 33.4 Å². The van der Waals surface area contributed by atoms with Gasteiger partial charge in [-0.25, -0.2) is 4.98 Å². The number of thiophene rings is 1. The van der Waals surface area contributed by atoms with E-state index in [-0.39, 0.29) is 5.91 Å². The number of imidazole rings is 1. The molecule has 6 heteroatoms. The van der Waals surface area contributed by atoms with Crippen molar-refractivity contribution in [1.82, 2.24) is 14.5 Å². The quantitative estimate of drug-likeness (QED) is 0.682. The van der Waals surface area contributed by atoms with Crippen LogP contribution in [0.15, 0.2) is 35.7 Å². The Labute approximate surface area is 164 Å². The van der Waals surface area contributed by atoms with Crippen molar-refractivity contribution in [3.05, 3.63) is 46.4 Å². The standard InChI is InChI=1S/C21H26N4OS/c1-15(2)25-18-9-8-16(22-21(26)19-7-6-12-27-19)13-17(18)23-20(25)14-24-10-4-3-5-11-24/h6-9,12-13,15H,3-5,10-11,14H2,1-2H3,(H,22,26). The van der Waals surface area contributed by atoms with E-state index >= 15 is 0 Å². The van der Waals surface area contributed by atoms with Crippen LogP contribution in [0.3, 0.4) is 0 Å². The molecule has 27 heavy (non-hydrogen) atoms. The molecule has 1 N–H and O–H groups in total. The first-order valence-corrected chi connectivity index (χ1v) is 10.6. The Bertz CT molecular complexity index is 923. The van der Waals surface area contributed by atoms with Crippen LogP contribution in [0, 0.1) is 0 Å². The van der Waals surface area contributed by atoms with Crippen molar-refractivity contribution < 1.29 is 4.79 Å². The van der Waals surface area contributed by atoms with Crippen molar-refractivity contribution in [3.63, 3.8) is 0 Å². The van der Waals surface area contributed by atoms with Gasteiger partial charge >= 0.3 is 0 Å². The van der Waals surface area contributed by atoms with Crippen LogP contribution in [0.2, 0.25) is 0 Å². The Morgan fingerprint density at radius 3 is 2.74 bits per heavy atom. The lowest BCUT2D eigenvalue weighted by molar-refractivity contribution is 0.103. The maximum Gasteiger partial charge on any atom is 0.265 e. The fourth-order valence-electron chi connectivity index (χ4n) is 3.83. The van der Waals surface area contributed by atoms with E-state index in [1.807, 2.05) is 29.6 Å². The van der Waals surface area contributed by atoms with Crippen LogP contribution in [0.4, 0.5) is 5.69 Å². The topological polar surface area (TPSA) is 50.2 Å². The van der Waals surface area contributed by atoms with E-state index in [0.717, 1.165) is 42.2 Å². The zero-order valence-corrected chi connectivity index (χ0v) is 16.8. The van der Waals surface area contributed by atoms with Crippen molar-refractivity contribution in [2.45, 2.75) is 45.7 Å². The molecule has 1 fully saturated rings. The van der Waals surface area contributed by atoms with Gasteiger partial charge in [0.05, 0.1) is 22.5 Å². The molecule has 142 valence electrons. The van der Waals surface area contributed by atoms with Gasteiger partial charge in [-0.05, 0) is 69.4 Å². The number of benzene rings is 1. The third-order valence-electron chi connectivity index (χ3n) is 5.10. The summed E-state index contributed by atoms with van der Waals surface area (Å²) in [5, 5.41) is 4.90. The first-order chi connectivity index (χ1) is 13.1. The molecule has 0 atom stereocenters. The number of nitrogens with one attached hydrogen (secondary N) is 1. The Hall–Kier alpha value is -2.18. The fourth-order valence-corrected chi connectivity index (χ4v) is 4.45. The summed E-state index contributed by atoms with van der Waals surface area (Å²) in [6.07, 6.45) is 3.89. The molecule has 1 aromatic carbocycles. The normalized spacial score (nSPS) is 15.5. The summed E-state index contributed by atoms with van der Waals surface area (Å²) >= 11 is 1.45. The number of hydrogen-bond acceptors (Lipinski definition) is 4. The SMILES string of the molecule is CC(C)n1c(CN2CCCCC2)nc2cc(NC(=O)c3cccs3)ccc21. The molecule has 1 amide bonds. The van der Waals surface area contributed by atoms with E-state index in [2.05, 4.69) is 34.7 Å². The molecule has 1 aliphatic heterocycles. The van der Waals surface area contributed by atoms with Crippen molar-refractivity contribution in [3.8, 4) is 0 Å². The van der Waals surface area contributed by atoms with E-state index in [1.54, 1.807) is 0 Å². The minimum atomic E-state index is -0.0683. The van der Waals surface area contributed by atoms with Crippen LogP contribution >= 0.6 is 11.3 Å². The van der Waals surface area contributed by atoms with Gasteiger partial charge in [0.1, 0.15) is 5.82 Å². The van der Waals surface area contributed by atoms with E-state index in [4.69, 9.17) is 4.98 Å². The summed E-state index contributed by atoms with van der Waals surface area (Å²) in [6, 6.07) is 10.1. The summed E-state index contributed by atoms with van der Waals surface area (Å²) in [7, 11) is 0. The highest BCUT2D eigenvalue weighted by Crippen LogP contribution is 2.26. The summed E-state index contributed by atoms with van der Waals surface area (Å²) in [5.41, 5.74) is 2.87. The number of likely N-dealkylation sites (tertiary alicyclic amines) is 1. The smallest absolute Gasteiger partial charge is 0.265 e. The number of nitrogens with zero attached hydrogens (tertiary/aromatic N) is 3. The lowest BCUT2D eigenvalue weighted by Gasteiger charge is -2.26. The minimum Gasteiger partial charge on any atom is -0.324 e. The molecule has 2 aromatic heterocycles. The number of piperidine rings is 1. The average Bonchev–Trinajstić information content (AvgIpc) is 3.29. The highest BCUT2D eigenvalue weighted by Gasteiger charge is 2.18.